The first-order chi connectivity index (χ1) is 12.1. The summed E-state index contributed by atoms with van der Waals surface area (Å²) >= 11 is 0. The molecule has 0 saturated carbocycles. The lowest BCUT2D eigenvalue weighted by atomic mass is 9.77. The van der Waals surface area contributed by atoms with Crippen LogP contribution in [0, 0.1) is 5.82 Å². The van der Waals surface area contributed by atoms with Gasteiger partial charge in [-0.2, -0.15) is 0 Å². The summed E-state index contributed by atoms with van der Waals surface area (Å²) in [7, 11) is -0.760. The summed E-state index contributed by atoms with van der Waals surface area (Å²) in [6, 6.07) is 5.07. The Labute approximate surface area is 156 Å². The van der Waals surface area contributed by atoms with E-state index in [-0.39, 0.29) is 24.2 Å². The molecule has 26 heavy (non-hydrogen) atoms. The van der Waals surface area contributed by atoms with Crippen LogP contribution in [0.25, 0.3) is 0 Å². The molecule has 0 radical (unpaired) electrons. The molecule has 2 fully saturated rings. The maximum atomic E-state index is 14.4. The number of likely N-dealkylation sites (tertiary alicyclic amines) is 1. The third kappa shape index (κ3) is 3.67. The molecule has 1 aromatic rings. The normalized spacial score (nSPS) is 24.8. The van der Waals surface area contributed by atoms with Gasteiger partial charge in [0.1, 0.15) is 5.82 Å². The fourth-order valence-corrected chi connectivity index (χ4v) is 3.60. The van der Waals surface area contributed by atoms with Gasteiger partial charge in [-0.15, -0.1) is 0 Å². The van der Waals surface area contributed by atoms with Crippen LogP contribution in [0.2, 0.25) is 0 Å². The van der Waals surface area contributed by atoms with Gasteiger partial charge in [0, 0.05) is 18.0 Å². The monoisotopic (exact) mass is 361 g/mol. The Kier molecular flexibility index (Phi) is 5.19. The first kappa shape index (κ1) is 19.4. The van der Waals surface area contributed by atoms with Crippen molar-refractivity contribution in [1.29, 1.82) is 0 Å². The maximum Gasteiger partial charge on any atom is 0.497 e. The Hall–Kier alpha value is -1.40. The molecule has 1 atom stereocenters. The summed E-state index contributed by atoms with van der Waals surface area (Å²) in [5.74, 6) is -0.269. The van der Waals surface area contributed by atoms with Crippen LogP contribution in [-0.2, 0) is 20.5 Å². The number of nitrogens with zero attached hydrogens (tertiary/aromatic N) is 1. The number of carbonyl (C=O) groups is 1. The van der Waals surface area contributed by atoms with E-state index >= 15 is 0 Å². The van der Waals surface area contributed by atoms with Crippen LogP contribution < -0.4 is 5.46 Å². The average molecular weight is 361 g/mol. The van der Waals surface area contributed by atoms with Crippen LogP contribution in [0.15, 0.2) is 18.2 Å². The van der Waals surface area contributed by atoms with E-state index in [4.69, 9.17) is 9.31 Å². The third-order valence-corrected chi connectivity index (χ3v) is 6.05. The molecule has 6 heteroatoms. The molecule has 2 saturated heterocycles. The molecular formula is C20H29BFNO3. The van der Waals surface area contributed by atoms with Crippen LogP contribution in [-0.4, -0.2) is 41.7 Å². The number of hydrogen-bond donors (Lipinski definition) is 0. The van der Waals surface area contributed by atoms with Crippen LogP contribution in [0.3, 0.4) is 0 Å². The van der Waals surface area contributed by atoms with Crippen molar-refractivity contribution in [1.82, 2.24) is 4.90 Å². The number of halogens is 1. The summed E-state index contributed by atoms with van der Waals surface area (Å²) in [6.45, 7) is 10.7. The van der Waals surface area contributed by atoms with Crippen LogP contribution >= 0.6 is 0 Å². The lowest BCUT2D eigenvalue weighted by Gasteiger charge is -2.33. The van der Waals surface area contributed by atoms with Gasteiger partial charge in [0.15, 0.2) is 0 Å². The zero-order valence-corrected chi connectivity index (χ0v) is 16.5. The minimum absolute atomic E-state index is 0.101. The Morgan fingerprint density at radius 2 is 1.88 bits per heavy atom. The highest BCUT2D eigenvalue weighted by molar-refractivity contribution is 6.62. The number of carbonyl (C=O) groups excluding carboxylic acids is 1. The van der Waals surface area contributed by atoms with E-state index in [1.54, 1.807) is 12.1 Å². The van der Waals surface area contributed by atoms with E-state index in [0.717, 1.165) is 24.9 Å². The second kappa shape index (κ2) is 6.97. The highest BCUT2D eigenvalue weighted by Gasteiger charge is 2.52. The molecule has 1 amide bonds. The molecule has 2 aliphatic rings. The van der Waals surface area contributed by atoms with Crippen molar-refractivity contribution in [2.24, 2.45) is 0 Å². The quantitative estimate of drug-likeness (QED) is 0.777. The molecule has 0 spiro atoms. The minimum atomic E-state index is -0.760. The largest absolute Gasteiger partial charge is 0.497 e. The smallest absolute Gasteiger partial charge is 0.399 e. The Morgan fingerprint density at radius 3 is 2.50 bits per heavy atom. The molecule has 1 unspecified atom stereocenters. The second-order valence-electron chi connectivity index (χ2n) is 8.55. The van der Waals surface area contributed by atoms with Crippen molar-refractivity contribution in [3.8, 4) is 0 Å². The zero-order chi connectivity index (χ0) is 19.1. The van der Waals surface area contributed by atoms with Gasteiger partial charge in [0.25, 0.3) is 0 Å². The topological polar surface area (TPSA) is 38.8 Å². The average Bonchev–Trinajstić information content (AvgIpc) is 2.77. The van der Waals surface area contributed by atoms with E-state index in [1.165, 1.54) is 12.5 Å². The van der Waals surface area contributed by atoms with Gasteiger partial charge in [0.2, 0.25) is 5.91 Å². The van der Waals surface area contributed by atoms with Gasteiger partial charge in [-0.25, -0.2) is 4.39 Å². The van der Waals surface area contributed by atoms with Gasteiger partial charge >= 0.3 is 7.12 Å². The molecular weight excluding hydrogens is 332 g/mol. The number of rotatable bonds is 3. The predicted molar refractivity (Wildman–Crippen MR) is 101 cm³/mol. The van der Waals surface area contributed by atoms with E-state index in [0.29, 0.717) is 5.46 Å². The number of hydrogen-bond acceptors (Lipinski definition) is 3. The van der Waals surface area contributed by atoms with Gasteiger partial charge in [-0.3, -0.25) is 4.79 Å². The summed E-state index contributed by atoms with van der Waals surface area (Å²) in [6.07, 6.45) is 3.55. The number of benzene rings is 1. The maximum absolute atomic E-state index is 14.4. The van der Waals surface area contributed by atoms with Crippen LogP contribution in [0.1, 0.15) is 59.4 Å². The van der Waals surface area contributed by atoms with Crippen LogP contribution in [0.5, 0.6) is 0 Å². The number of amides is 1. The number of piperidine rings is 1. The lowest BCUT2D eigenvalue weighted by molar-refractivity contribution is -0.133. The molecule has 0 N–H and O–H groups in total. The van der Waals surface area contributed by atoms with E-state index in [2.05, 4.69) is 6.92 Å². The fourth-order valence-electron chi connectivity index (χ4n) is 3.60. The van der Waals surface area contributed by atoms with Crippen molar-refractivity contribution in [2.45, 2.75) is 77.5 Å². The lowest BCUT2D eigenvalue weighted by Crippen LogP contribution is -2.43. The molecule has 0 aliphatic carbocycles. The SMILES string of the molecule is CC1CCCCN1C(=O)Cc1ccc(F)c(B2OC(C)(C)C(C)(C)O2)c1. The Bertz CT molecular complexity index is 676. The standard InChI is InChI=1S/C20H29BFNO3/c1-14-8-6-7-11-23(14)18(24)13-15-9-10-17(22)16(12-15)21-25-19(2,3)20(4,5)26-21/h9-10,12,14H,6-8,11,13H2,1-5H3. The third-order valence-electron chi connectivity index (χ3n) is 6.05. The Balaban J connectivity index is 1.77. The van der Waals surface area contributed by atoms with E-state index < -0.39 is 18.3 Å². The van der Waals surface area contributed by atoms with Crippen molar-refractivity contribution < 1.29 is 18.5 Å². The van der Waals surface area contributed by atoms with E-state index in [1.807, 2.05) is 32.6 Å². The van der Waals surface area contributed by atoms with Gasteiger partial charge in [-0.1, -0.05) is 12.1 Å². The molecule has 1 aromatic carbocycles. The summed E-state index contributed by atoms with van der Waals surface area (Å²) in [5.41, 5.74) is 0.0951. The molecule has 142 valence electrons. The first-order valence-electron chi connectivity index (χ1n) is 9.54. The summed E-state index contributed by atoms with van der Waals surface area (Å²) < 4.78 is 26.4. The summed E-state index contributed by atoms with van der Waals surface area (Å²) in [5, 5.41) is 0. The van der Waals surface area contributed by atoms with Gasteiger partial charge in [-0.05, 0) is 65.5 Å². The highest BCUT2D eigenvalue weighted by Crippen LogP contribution is 2.36. The van der Waals surface area contributed by atoms with Gasteiger partial charge < -0.3 is 14.2 Å². The fraction of sp³-hybridized carbons (Fsp3) is 0.650. The highest BCUT2D eigenvalue weighted by atomic mass is 19.1. The predicted octanol–water partition coefficient (Wildman–Crippen LogP) is 3.07. The van der Waals surface area contributed by atoms with Crippen molar-refractivity contribution in [3.63, 3.8) is 0 Å². The van der Waals surface area contributed by atoms with Crippen LogP contribution in [0.4, 0.5) is 4.39 Å². The van der Waals surface area contributed by atoms with Crippen molar-refractivity contribution >= 4 is 18.5 Å². The van der Waals surface area contributed by atoms with E-state index in [9.17, 15) is 9.18 Å². The first-order valence-corrected chi connectivity index (χ1v) is 9.54. The second-order valence-corrected chi connectivity index (χ2v) is 8.55. The molecule has 4 nitrogen and oxygen atoms in total. The van der Waals surface area contributed by atoms with Gasteiger partial charge in [0.05, 0.1) is 17.6 Å². The minimum Gasteiger partial charge on any atom is -0.399 e. The zero-order valence-electron chi connectivity index (χ0n) is 16.5. The molecule has 2 aliphatic heterocycles. The molecule has 2 heterocycles. The molecule has 0 aromatic heterocycles. The Morgan fingerprint density at radius 1 is 1.23 bits per heavy atom. The molecule has 3 rings (SSSR count). The summed E-state index contributed by atoms with van der Waals surface area (Å²) in [4.78, 5) is 14.6. The van der Waals surface area contributed by atoms with Crippen molar-refractivity contribution in [2.75, 3.05) is 6.54 Å². The van der Waals surface area contributed by atoms with Crippen molar-refractivity contribution in [3.05, 3.63) is 29.6 Å². The molecule has 0 bridgehead atoms.